The van der Waals surface area contributed by atoms with E-state index in [4.69, 9.17) is 48.7 Å². The Balaban J connectivity index is 0.00000432. The number of sulfone groups is 1. The summed E-state index contributed by atoms with van der Waals surface area (Å²) >= 11 is 18.6. The van der Waals surface area contributed by atoms with Gasteiger partial charge in [-0.1, -0.05) is 30.6 Å². The SMILES string of the molecule is C.CC(C)(C)N(c1ccc(OCc2ocnc2S(C)(=O)=O)cc1)c1cc(Cl)c(OCCCl)c(Cl)c1. The molecule has 1 aromatic heterocycles. The second kappa shape index (κ2) is 11.7. The third-order valence-corrected chi connectivity index (χ3v) is 6.41. The summed E-state index contributed by atoms with van der Waals surface area (Å²) in [5.41, 5.74) is 1.34. The maximum atomic E-state index is 11.8. The Morgan fingerprint density at radius 1 is 1.03 bits per heavy atom. The molecule has 0 aliphatic heterocycles. The van der Waals surface area contributed by atoms with Crippen molar-refractivity contribution < 1.29 is 22.3 Å². The van der Waals surface area contributed by atoms with E-state index in [0.29, 0.717) is 34.0 Å². The third-order valence-electron chi connectivity index (χ3n) is 4.66. The molecule has 0 unspecified atom stereocenters. The Hall–Kier alpha value is -2.13. The van der Waals surface area contributed by atoms with Gasteiger partial charge in [-0.2, -0.15) is 0 Å². The highest BCUT2D eigenvalue weighted by Gasteiger charge is 2.26. The molecule has 3 aromatic rings. The maximum Gasteiger partial charge on any atom is 0.200 e. The van der Waals surface area contributed by atoms with Crippen molar-refractivity contribution in [1.82, 2.24) is 4.98 Å². The number of nitrogens with zero attached hydrogens (tertiary/aromatic N) is 2. The molecule has 0 aliphatic carbocycles. The van der Waals surface area contributed by atoms with E-state index in [1.54, 1.807) is 24.3 Å². The average molecular weight is 564 g/mol. The summed E-state index contributed by atoms with van der Waals surface area (Å²) in [5.74, 6) is 1.40. The molecule has 35 heavy (non-hydrogen) atoms. The highest BCUT2D eigenvalue weighted by atomic mass is 35.5. The Morgan fingerprint density at radius 2 is 1.63 bits per heavy atom. The fourth-order valence-corrected chi connectivity index (χ4v) is 4.79. The molecule has 0 spiro atoms. The predicted octanol–water partition coefficient (Wildman–Crippen LogP) is 7.15. The lowest BCUT2D eigenvalue weighted by Crippen LogP contribution is -2.37. The zero-order chi connectivity index (χ0) is 25.1. The molecule has 0 radical (unpaired) electrons. The summed E-state index contributed by atoms with van der Waals surface area (Å²) in [7, 11) is -3.50. The number of benzene rings is 2. The van der Waals surface area contributed by atoms with E-state index >= 15 is 0 Å². The van der Waals surface area contributed by atoms with Gasteiger partial charge in [0.05, 0.1) is 15.9 Å². The molecule has 0 fully saturated rings. The Bertz CT molecular complexity index is 1220. The number of anilines is 2. The first-order valence-corrected chi connectivity index (χ1v) is 13.4. The van der Waals surface area contributed by atoms with Crippen molar-refractivity contribution in [3.8, 4) is 11.5 Å². The van der Waals surface area contributed by atoms with Gasteiger partial charge in [0.1, 0.15) is 19.0 Å². The molecule has 0 atom stereocenters. The van der Waals surface area contributed by atoms with Crippen molar-refractivity contribution >= 4 is 56.0 Å². The van der Waals surface area contributed by atoms with E-state index in [1.807, 2.05) is 12.1 Å². The fourth-order valence-electron chi connectivity index (χ4n) is 3.38. The van der Waals surface area contributed by atoms with Crippen LogP contribution in [0.4, 0.5) is 11.4 Å². The minimum atomic E-state index is -3.50. The van der Waals surface area contributed by atoms with E-state index in [-0.39, 0.29) is 30.4 Å². The topological polar surface area (TPSA) is 81.9 Å². The van der Waals surface area contributed by atoms with Crippen molar-refractivity contribution in [2.24, 2.45) is 0 Å². The van der Waals surface area contributed by atoms with Crippen LogP contribution >= 0.6 is 34.8 Å². The zero-order valence-corrected chi connectivity index (χ0v) is 22.2. The van der Waals surface area contributed by atoms with Crippen LogP contribution in [0.2, 0.25) is 10.0 Å². The monoisotopic (exact) mass is 562 g/mol. The number of hydrogen-bond acceptors (Lipinski definition) is 7. The second-order valence-electron chi connectivity index (χ2n) is 8.42. The van der Waals surface area contributed by atoms with Crippen LogP contribution in [0.25, 0.3) is 0 Å². The average Bonchev–Trinajstić information content (AvgIpc) is 3.21. The van der Waals surface area contributed by atoms with Gasteiger partial charge in [0.15, 0.2) is 32.8 Å². The molecule has 0 N–H and O–H groups in total. The van der Waals surface area contributed by atoms with Crippen LogP contribution in [-0.4, -0.2) is 37.7 Å². The fraction of sp³-hybridized carbons (Fsp3) is 0.375. The lowest BCUT2D eigenvalue weighted by Gasteiger charge is -2.38. The van der Waals surface area contributed by atoms with Gasteiger partial charge in [-0.05, 0) is 57.2 Å². The van der Waals surface area contributed by atoms with E-state index < -0.39 is 9.84 Å². The summed E-state index contributed by atoms with van der Waals surface area (Å²) in [6.07, 6.45) is 2.15. The van der Waals surface area contributed by atoms with Crippen molar-refractivity contribution in [1.29, 1.82) is 0 Å². The van der Waals surface area contributed by atoms with Crippen LogP contribution in [0.3, 0.4) is 0 Å². The number of ether oxygens (including phenoxy) is 2. The van der Waals surface area contributed by atoms with Gasteiger partial charge in [-0.15, -0.1) is 11.6 Å². The summed E-state index contributed by atoms with van der Waals surface area (Å²) in [4.78, 5) is 5.84. The van der Waals surface area contributed by atoms with Crippen molar-refractivity contribution in [3.63, 3.8) is 0 Å². The molecular formula is C24H29Cl3N2O5S. The van der Waals surface area contributed by atoms with Crippen LogP contribution in [-0.2, 0) is 16.4 Å². The van der Waals surface area contributed by atoms with Gasteiger partial charge >= 0.3 is 0 Å². The summed E-state index contributed by atoms with van der Waals surface area (Å²) in [6.45, 7) is 6.42. The molecule has 0 amide bonds. The molecule has 0 saturated heterocycles. The number of oxazole rings is 1. The van der Waals surface area contributed by atoms with E-state index in [0.717, 1.165) is 24.0 Å². The number of halogens is 3. The number of rotatable bonds is 9. The van der Waals surface area contributed by atoms with Gasteiger partial charge in [-0.3, -0.25) is 0 Å². The van der Waals surface area contributed by atoms with Crippen molar-refractivity contribution in [2.75, 3.05) is 23.6 Å². The largest absolute Gasteiger partial charge is 0.489 e. The van der Waals surface area contributed by atoms with Crippen LogP contribution in [0, 0.1) is 0 Å². The van der Waals surface area contributed by atoms with Crippen LogP contribution in [0.5, 0.6) is 11.5 Å². The Kier molecular flexibility index (Phi) is 9.76. The van der Waals surface area contributed by atoms with Crippen LogP contribution in [0.15, 0.2) is 52.2 Å². The maximum absolute atomic E-state index is 11.8. The minimum absolute atomic E-state index is 0. The van der Waals surface area contributed by atoms with Crippen molar-refractivity contribution in [2.45, 2.75) is 45.4 Å². The molecule has 192 valence electrons. The first-order valence-electron chi connectivity index (χ1n) is 10.2. The molecule has 1 heterocycles. The molecule has 0 saturated carbocycles. The van der Waals surface area contributed by atoms with E-state index in [9.17, 15) is 8.42 Å². The number of aromatic nitrogens is 1. The summed E-state index contributed by atoms with van der Waals surface area (Å²) in [5, 5.41) is 0.640. The lowest BCUT2D eigenvalue weighted by atomic mass is 10.0. The van der Waals surface area contributed by atoms with Crippen LogP contribution in [0.1, 0.15) is 34.0 Å². The predicted molar refractivity (Wildman–Crippen MR) is 142 cm³/mol. The highest BCUT2D eigenvalue weighted by Crippen LogP contribution is 2.42. The third kappa shape index (κ3) is 7.19. The number of alkyl halides is 1. The first-order chi connectivity index (χ1) is 15.9. The molecular weight excluding hydrogens is 535 g/mol. The van der Waals surface area contributed by atoms with E-state index in [1.165, 1.54) is 0 Å². The Morgan fingerprint density at radius 3 is 2.14 bits per heavy atom. The summed E-state index contributed by atoms with van der Waals surface area (Å²) in [6, 6.07) is 10.9. The molecule has 0 bridgehead atoms. The molecule has 7 nitrogen and oxygen atoms in total. The van der Waals surface area contributed by atoms with Gasteiger partial charge in [0.25, 0.3) is 0 Å². The zero-order valence-electron chi connectivity index (χ0n) is 19.1. The first kappa shape index (κ1) is 29.1. The standard InChI is InChI=1S/C23H25Cl3N2O5S.CH4/c1-23(2,3)28(16-11-18(25)21(19(26)12-16)31-10-9-24)15-5-7-17(8-6-15)32-13-20-22(27-14-33-20)34(4,29)30;/h5-8,11-12,14H,9-10,13H2,1-4H3;1H4. The molecule has 0 aliphatic rings. The lowest BCUT2D eigenvalue weighted by molar-refractivity contribution is 0.265. The minimum Gasteiger partial charge on any atom is -0.489 e. The highest BCUT2D eigenvalue weighted by molar-refractivity contribution is 7.90. The summed E-state index contributed by atoms with van der Waals surface area (Å²) < 4.78 is 40.0. The molecule has 11 heteroatoms. The van der Waals surface area contributed by atoms with Crippen molar-refractivity contribution in [3.05, 3.63) is 58.6 Å². The smallest absolute Gasteiger partial charge is 0.200 e. The van der Waals surface area contributed by atoms with E-state index in [2.05, 4.69) is 30.7 Å². The second-order valence-corrected chi connectivity index (χ2v) is 11.5. The van der Waals surface area contributed by atoms with Gasteiger partial charge < -0.3 is 18.8 Å². The normalized spacial score (nSPS) is 11.6. The van der Waals surface area contributed by atoms with Gasteiger partial charge in [0.2, 0.25) is 0 Å². The number of hydrogen-bond donors (Lipinski definition) is 0. The van der Waals surface area contributed by atoms with Gasteiger partial charge in [0, 0.05) is 23.2 Å². The van der Waals surface area contributed by atoms with Crippen LogP contribution < -0.4 is 14.4 Å². The molecule has 3 rings (SSSR count). The molecule has 2 aromatic carbocycles. The quantitative estimate of drug-likeness (QED) is 0.256. The Labute approximate surface area is 221 Å². The van der Waals surface area contributed by atoms with Gasteiger partial charge in [-0.25, -0.2) is 13.4 Å².